The maximum atomic E-state index is 13.4. The lowest BCUT2D eigenvalue weighted by Gasteiger charge is -2.02. The number of aryl methyl sites for hydroxylation is 1. The molecule has 74 valence electrons. The van der Waals surface area contributed by atoms with Gasteiger partial charge in [0.1, 0.15) is 5.82 Å². The lowest BCUT2D eigenvalue weighted by molar-refractivity contribution is 0.630. The van der Waals surface area contributed by atoms with Crippen molar-refractivity contribution in [3.8, 4) is 0 Å². The first-order chi connectivity index (χ1) is 6.74. The van der Waals surface area contributed by atoms with Gasteiger partial charge in [0.25, 0.3) is 0 Å². The van der Waals surface area contributed by atoms with Crippen molar-refractivity contribution in [1.29, 1.82) is 0 Å². The van der Waals surface area contributed by atoms with Gasteiger partial charge in [0.05, 0.1) is 5.52 Å². The zero-order valence-corrected chi connectivity index (χ0v) is 8.13. The fraction of sp³-hybridized carbons (Fsp3) is 0.273. The number of nitrogens with zero attached hydrogens (tertiary/aromatic N) is 1. The summed E-state index contributed by atoms with van der Waals surface area (Å²) < 4.78 is 15.3. The van der Waals surface area contributed by atoms with Gasteiger partial charge in [-0.25, -0.2) is 4.39 Å². The maximum Gasteiger partial charge on any atom is 0.147 e. The molecule has 14 heavy (non-hydrogen) atoms. The number of para-hydroxylation sites is 1. The minimum Gasteiger partial charge on any atom is -0.345 e. The molecule has 2 aromatic rings. The highest BCUT2D eigenvalue weighted by molar-refractivity contribution is 5.81. The van der Waals surface area contributed by atoms with E-state index < -0.39 is 0 Å². The van der Waals surface area contributed by atoms with Crippen LogP contribution in [0.1, 0.15) is 5.69 Å². The molecule has 0 saturated carbocycles. The Kier molecular flexibility index (Phi) is 2.25. The summed E-state index contributed by atoms with van der Waals surface area (Å²) in [6.45, 7) is 0.589. The van der Waals surface area contributed by atoms with E-state index in [0.717, 1.165) is 17.5 Å². The molecule has 0 unspecified atom stereocenters. The van der Waals surface area contributed by atoms with Gasteiger partial charge in [0.15, 0.2) is 0 Å². The van der Waals surface area contributed by atoms with Gasteiger partial charge in [-0.1, -0.05) is 12.1 Å². The minimum atomic E-state index is -0.173. The van der Waals surface area contributed by atoms with E-state index in [-0.39, 0.29) is 5.82 Å². The Labute approximate surface area is 82.1 Å². The van der Waals surface area contributed by atoms with Gasteiger partial charge in [-0.05, 0) is 25.1 Å². The quantitative estimate of drug-likeness (QED) is 0.773. The summed E-state index contributed by atoms with van der Waals surface area (Å²) >= 11 is 0. The molecule has 0 amide bonds. The van der Waals surface area contributed by atoms with Gasteiger partial charge >= 0.3 is 0 Å². The first kappa shape index (κ1) is 9.21. The zero-order chi connectivity index (χ0) is 10.1. The predicted octanol–water partition coefficient (Wildman–Crippen LogP) is 1.82. The summed E-state index contributed by atoms with van der Waals surface area (Å²) in [6.07, 6.45) is 0.782. The molecule has 1 aromatic carbocycles. The van der Waals surface area contributed by atoms with Crippen LogP contribution < -0.4 is 5.73 Å². The van der Waals surface area contributed by atoms with E-state index in [1.165, 1.54) is 6.07 Å². The van der Waals surface area contributed by atoms with Crippen LogP contribution in [-0.4, -0.2) is 11.1 Å². The van der Waals surface area contributed by atoms with Crippen LogP contribution in [0.25, 0.3) is 10.9 Å². The number of fused-ring (bicyclic) bond motifs is 1. The molecule has 0 aliphatic rings. The molecule has 2 nitrogen and oxygen atoms in total. The molecule has 0 aliphatic carbocycles. The molecule has 1 aromatic heterocycles. The Morgan fingerprint density at radius 2 is 2.21 bits per heavy atom. The van der Waals surface area contributed by atoms with E-state index in [0.29, 0.717) is 12.1 Å². The van der Waals surface area contributed by atoms with E-state index in [9.17, 15) is 4.39 Å². The number of hydrogen-bond donors (Lipinski definition) is 1. The number of benzene rings is 1. The third-order valence-corrected chi connectivity index (χ3v) is 2.51. The van der Waals surface area contributed by atoms with Crippen molar-refractivity contribution in [1.82, 2.24) is 4.57 Å². The normalized spacial score (nSPS) is 11.1. The average molecular weight is 192 g/mol. The second kappa shape index (κ2) is 3.42. The Morgan fingerprint density at radius 1 is 1.43 bits per heavy atom. The molecule has 0 saturated heterocycles. The molecule has 0 fully saturated rings. The van der Waals surface area contributed by atoms with Crippen molar-refractivity contribution >= 4 is 10.9 Å². The van der Waals surface area contributed by atoms with Crippen LogP contribution in [0, 0.1) is 5.82 Å². The summed E-state index contributed by atoms with van der Waals surface area (Å²) in [4.78, 5) is 0. The largest absolute Gasteiger partial charge is 0.345 e. The molecule has 2 N–H and O–H groups in total. The molecular weight excluding hydrogens is 179 g/mol. The molecule has 0 atom stereocenters. The van der Waals surface area contributed by atoms with Gasteiger partial charge < -0.3 is 10.3 Å². The first-order valence-electron chi connectivity index (χ1n) is 4.67. The van der Waals surface area contributed by atoms with Gasteiger partial charge in [0.2, 0.25) is 0 Å². The molecule has 1 heterocycles. The van der Waals surface area contributed by atoms with Crippen LogP contribution in [0.5, 0.6) is 0 Å². The monoisotopic (exact) mass is 192 g/mol. The van der Waals surface area contributed by atoms with Crippen LogP contribution >= 0.6 is 0 Å². The predicted molar refractivity (Wildman–Crippen MR) is 55.6 cm³/mol. The number of rotatable bonds is 2. The molecule has 0 radical (unpaired) electrons. The standard InChI is InChI=1S/C11H13FN2/c1-14-9(5-6-13)7-8-3-2-4-10(12)11(8)14/h2-4,7H,5-6,13H2,1H3. The van der Waals surface area contributed by atoms with Crippen molar-refractivity contribution in [2.24, 2.45) is 12.8 Å². The number of aromatic nitrogens is 1. The van der Waals surface area contributed by atoms with Crippen molar-refractivity contribution < 1.29 is 4.39 Å². The van der Waals surface area contributed by atoms with Crippen molar-refractivity contribution in [3.63, 3.8) is 0 Å². The first-order valence-corrected chi connectivity index (χ1v) is 4.67. The fourth-order valence-corrected chi connectivity index (χ4v) is 1.81. The lowest BCUT2D eigenvalue weighted by Crippen LogP contribution is -2.06. The average Bonchev–Trinajstić information content (AvgIpc) is 2.46. The van der Waals surface area contributed by atoms with Crippen molar-refractivity contribution in [2.75, 3.05) is 6.54 Å². The lowest BCUT2D eigenvalue weighted by atomic mass is 10.2. The Hall–Kier alpha value is -1.35. The smallest absolute Gasteiger partial charge is 0.147 e. The topological polar surface area (TPSA) is 30.9 Å². The number of halogens is 1. The zero-order valence-electron chi connectivity index (χ0n) is 8.13. The number of hydrogen-bond acceptors (Lipinski definition) is 1. The fourth-order valence-electron chi connectivity index (χ4n) is 1.81. The molecular formula is C11H13FN2. The summed E-state index contributed by atoms with van der Waals surface area (Å²) in [5.41, 5.74) is 7.22. The summed E-state index contributed by atoms with van der Waals surface area (Å²) in [6, 6.07) is 7.11. The molecule has 0 bridgehead atoms. The van der Waals surface area contributed by atoms with E-state index in [1.54, 1.807) is 6.07 Å². The summed E-state index contributed by atoms with van der Waals surface area (Å²) in [5.74, 6) is -0.173. The second-order valence-corrected chi connectivity index (χ2v) is 3.41. The third kappa shape index (κ3) is 1.30. The maximum absolute atomic E-state index is 13.4. The van der Waals surface area contributed by atoms with E-state index in [2.05, 4.69) is 0 Å². The molecule has 3 heteroatoms. The third-order valence-electron chi connectivity index (χ3n) is 2.51. The van der Waals surface area contributed by atoms with Gasteiger partial charge in [0, 0.05) is 18.1 Å². The van der Waals surface area contributed by atoms with E-state index >= 15 is 0 Å². The van der Waals surface area contributed by atoms with E-state index in [1.807, 2.05) is 23.7 Å². The van der Waals surface area contributed by atoms with Gasteiger partial charge in [-0.3, -0.25) is 0 Å². The highest BCUT2D eigenvalue weighted by atomic mass is 19.1. The number of nitrogens with two attached hydrogens (primary N) is 1. The highest BCUT2D eigenvalue weighted by Crippen LogP contribution is 2.21. The van der Waals surface area contributed by atoms with Crippen molar-refractivity contribution in [3.05, 3.63) is 35.8 Å². The summed E-state index contributed by atoms with van der Waals surface area (Å²) in [5, 5.41) is 0.941. The summed E-state index contributed by atoms with van der Waals surface area (Å²) in [7, 11) is 1.87. The van der Waals surface area contributed by atoms with Crippen LogP contribution in [-0.2, 0) is 13.5 Å². The van der Waals surface area contributed by atoms with Crippen LogP contribution in [0.3, 0.4) is 0 Å². The Morgan fingerprint density at radius 3 is 2.86 bits per heavy atom. The Bertz CT molecular complexity index is 460. The van der Waals surface area contributed by atoms with Crippen LogP contribution in [0.15, 0.2) is 24.3 Å². The van der Waals surface area contributed by atoms with Gasteiger partial charge in [-0.15, -0.1) is 0 Å². The SMILES string of the molecule is Cn1c(CCN)cc2cccc(F)c21. The van der Waals surface area contributed by atoms with Crippen LogP contribution in [0.4, 0.5) is 4.39 Å². The molecule has 2 rings (SSSR count). The highest BCUT2D eigenvalue weighted by Gasteiger charge is 2.08. The molecule has 0 aliphatic heterocycles. The van der Waals surface area contributed by atoms with Crippen LogP contribution in [0.2, 0.25) is 0 Å². The van der Waals surface area contributed by atoms with E-state index in [4.69, 9.17) is 5.73 Å². The Balaban J connectivity index is 2.68. The van der Waals surface area contributed by atoms with Crippen molar-refractivity contribution in [2.45, 2.75) is 6.42 Å². The second-order valence-electron chi connectivity index (χ2n) is 3.41. The van der Waals surface area contributed by atoms with Gasteiger partial charge in [-0.2, -0.15) is 0 Å². The molecule has 0 spiro atoms. The minimum absolute atomic E-state index is 0.173.